The monoisotopic (exact) mass is 367 g/mol. The molecule has 0 atom stereocenters. The second-order valence-corrected chi connectivity index (χ2v) is 7.32. The normalized spacial score (nSPS) is 11.1. The van der Waals surface area contributed by atoms with E-state index in [9.17, 15) is 5.26 Å². The van der Waals surface area contributed by atoms with E-state index in [4.69, 9.17) is 10.1 Å². The van der Waals surface area contributed by atoms with Gasteiger partial charge in [-0.05, 0) is 19.1 Å². The molecule has 0 aliphatic rings. The average molecular weight is 367 g/mol. The van der Waals surface area contributed by atoms with Crippen LogP contribution in [0.15, 0.2) is 60.8 Å². The third-order valence-corrected chi connectivity index (χ3v) is 5.49. The van der Waals surface area contributed by atoms with Gasteiger partial charge in [-0.2, -0.15) is 10.4 Å². The molecule has 27 heavy (non-hydrogen) atoms. The molecule has 3 heterocycles. The number of thiazole rings is 1. The van der Waals surface area contributed by atoms with Gasteiger partial charge in [0.15, 0.2) is 5.65 Å². The van der Waals surface area contributed by atoms with Gasteiger partial charge in [0.1, 0.15) is 16.8 Å². The van der Waals surface area contributed by atoms with Gasteiger partial charge in [0.05, 0.1) is 21.5 Å². The third kappa shape index (κ3) is 2.57. The zero-order valence-electron chi connectivity index (χ0n) is 14.4. The third-order valence-electron chi connectivity index (χ3n) is 4.45. The minimum absolute atomic E-state index is 0.458. The minimum Gasteiger partial charge on any atom is -0.236 e. The van der Waals surface area contributed by atoms with Gasteiger partial charge in [0.2, 0.25) is 0 Å². The molecule has 0 radical (unpaired) electrons. The van der Waals surface area contributed by atoms with Gasteiger partial charge in [0.25, 0.3) is 0 Å². The topological polar surface area (TPSA) is 66.9 Å². The first-order valence-corrected chi connectivity index (χ1v) is 9.26. The summed E-state index contributed by atoms with van der Waals surface area (Å²) in [6.45, 7) is 2.05. The predicted octanol–water partition coefficient (Wildman–Crippen LogP) is 4.85. The summed E-state index contributed by atoms with van der Waals surface area (Å²) in [7, 11) is 0. The van der Waals surface area contributed by atoms with Crippen LogP contribution in [0, 0.1) is 18.3 Å². The molecule has 5 aromatic rings. The van der Waals surface area contributed by atoms with Crippen molar-refractivity contribution in [1.29, 1.82) is 5.26 Å². The molecule has 3 aromatic heterocycles. The maximum atomic E-state index is 9.61. The summed E-state index contributed by atoms with van der Waals surface area (Å²) in [5, 5.41) is 15.1. The highest BCUT2D eigenvalue weighted by Crippen LogP contribution is 2.32. The van der Waals surface area contributed by atoms with Crippen molar-refractivity contribution in [3.63, 3.8) is 0 Å². The first-order valence-electron chi connectivity index (χ1n) is 8.45. The highest BCUT2D eigenvalue weighted by molar-refractivity contribution is 7.21. The van der Waals surface area contributed by atoms with Crippen LogP contribution >= 0.6 is 11.3 Å². The van der Waals surface area contributed by atoms with Gasteiger partial charge in [-0.15, -0.1) is 11.3 Å². The molecule has 0 aliphatic carbocycles. The molecule has 6 heteroatoms. The Kier molecular flexibility index (Phi) is 3.49. The predicted molar refractivity (Wildman–Crippen MR) is 106 cm³/mol. The lowest BCUT2D eigenvalue weighted by atomic mass is 10.1. The fraction of sp³-hybridized carbons (Fsp3) is 0.0476. The van der Waals surface area contributed by atoms with Crippen molar-refractivity contribution in [2.75, 3.05) is 0 Å². The maximum absolute atomic E-state index is 9.61. The highest BCUT2D eigenvalue weighted by Gasteiger charge is 2.18. The number of hydrogen-bond donors (Lipinski definition) is 0. The molecular weight excluding hydrogens is 354 g/mol. The molecular formula is C21H13N5S. The number of nitrogens with zero attached hydrogens (tertiary/aromatic N) is 5. The molecule has 0 spiro atoms. The quantitative estimate of drug-likeness (QED) is 0.447. The molecule has 0 aliphatic heterocycles. The lowest BCUT2D eigenvalue weighted by molar-refractivity contribution is 0.946. The van der Waals surface area contributed by atoms with E-state index in [0.29, 0.717) is 16.9 Å². The Morgan fingerprint density at radius 2 is 1.89 bits per heavy atom. The molecule has 0 amide bonds. The van der Waals surface area contributed by atoms with Crippen LogP contribution in [-0.4, -0.2) is 19.6 Å². The summed E-state index contributed by atoms with van der Waals surface area (Å²) < 4.78 is 2.80. The lowest BCUT2D eigenvalue weighted by Crippen LogP contribution is -1.99. The smallest absolute Gasteiger partial charge is 0.156 e. The van der Waals surface area contributed by atoms with Crippen LogP contribution in [0.4, 0.5) is 0 Å². The van der Waals surface area contributed by atoms with Gasteiger partial charge in [-0.1, -0.05) is 42.0 Å². The van der Waals surface area contributed by atoms with Gasteiger partial charge in [0, 0.05) is 17.8 Å². The summed E-state index contributed by atoms with van der Waals surface area (Å²) in [5.41, 5.74) is 5.78. The van der Waals surface area contributed by atoms with E-state index in [1.165, 1.54) is 5.56 Å². The van der Waals surface area contributed by atoms with Gasteiger partial charge in [-0.25, -0.2) is 14.5 Å². The number of benzene rings is 2. The Hall–Kier alpha value is -3.56. The zero-order chi connectivity index (χ0) is 18.4. The van der Waals surface area contributed by atoms with E-state index < -0.39 is 0 Å². The number of aryl methyl sites for hydroxylation is 1. The van der Waals surface area contributed by atoms with Crippen LogP contribution in [0.5, 0.6) is 0 Å². The summed E-state index contributed by atoms with van der Waals surface area (Å²) in [5.74, 6) is 0. The van der Waals surface area contributed by atoms with Crippen LogP contribution in [0.2, 0.25) is 0 Å². The molecule has 5 rings (SSSR count). The van der Waals surface area contributed by atoms with E-state index in [2.05, 4.69) is 30.1 Å². The Balaban J connectivity index is 1.77. The van der Waals surface area contributed by atoms with Crippen LogP contribution in [-0.2, 0) is 0 Å². The fourth-order valence-corrected chi connectivity index (χ4v) is 4.07. The van der Waals surface area contributed by atoms with Gasteiger partial charge < -0.3 is 0 Å². The molecule has 2 aromatic carbocycles. The summed E-state index contributed by atoms with van der Waals surface area (Å²) >= 11 is 1.55. The van der Waals surface area contributed by atoms with E-state index in [1.807, 2.05) is 42.5 Å². The fourth-order valence-electron chi connectivity index (χ4n) is 3.06. The van der Waals surface area contributed by atoms with Gasteiger partial charge >= 0.3 is 0 Å². The molecule has 0 unspecified atom stereocenters. The van der Waals surface area contributed by atoms with E-state index in [1.54, 1.807) is 22.0 Å². The van der Waals surface area contributed by atoms with E-state index >= 15 is 0 Å². The Morgan fingerprint density at radius 3 is 2.67 bits per heavy atom. The minimum atomic E-state index is 0.458. The first kappa shape index (κ1) is 15.7. The van der Waals surface area contributed by atoms with E-state index in [0.717, 1.165) is 26.5 Å². The lowest BCUT2D eigenvalue weighted by Gasteiger charge is -2.03. The number of nitriles is 1. The molecule has 0 N–H and O–H groups in total. The second kappa shape index (κ2) is 6.01. The number of para-hydroxylation sites is 1. The summed E-state index contributed by atoms with van der Waals surface area (Å²) in [4.78, 5) is 9.12. The van der Waals surface area contributed by atoms with Crippen molar-refractivity contribution in [2.45, 2.75) is 6.92 Å². The van der Waals surface area contributed by atoms with Crippen LogP contribution < -0.4 is 0 Å². The van der Waals surface area contributed by atoms with Crippen molar-refractivity contribution < 1.29 is 0 Å². The van der Waals surface area contributed by atoms with Crippen LogP contribution in [0.1, 0.15) is 11.1 Å². The summed E-state index contributed by atoms with van der Waals surface area (Å²) in [6, 6.07) is 20.3. The largest absolute Gasteiger partial charge is 0.236 e. The molecule has 0 saturated carbocycles. The Labute approximate surface area is 159 Å². The van der Waals surface area contributed by atoms with Crippen molar-refractivity contribution in [1.82, 2.24) is 19.6 Å². The molecule has 0 bridgehead atoms. The zero-order valence-corrected chi connectivity index (χ0v) is 15.2. The number of rotatable bonds is 2. The molecule has 128 valence electrons. The van der Waals surface area contributed by atoms with Crippen molar-refractivity contribution >= 4 is 27.2 Å². The number of fused-ring (bicyclic) bond motifs is 2. The molecule has 0 fully saturated rings. The number of hydrogen-bond acceptors (Lipinski definition) is 5. The standard InChI is InChI=1S/C21H13N5S/c1-13-6-8-14(9-7-13)17-10-19-23-12-15(11-22)20(26(19)25-17)21-24-16-4-2-3-5-18(16)27-21/h2-10,12H,1H3. The maximum Gasteiger partial charge on any atom is 0.156 e. The first-order chi connectivity index (χ1) is 13.2. The highest BCUT2D eigenvalue weighted by atomic mass is 32.1. The van der Waals surface area contributed by atoms with Gasteiger partial charge in [-0.3, -0.25) is 0 Å². The molecule has 0 saturated heterocycles. The van der Waals surface area contributed by atoms with Crippen LogP contribution in [0.25, 0.3) is 37.8 Å². The SMILES string of the molecule is Cc1ccc(-c2cc3ncc(C#N)c(-c4nc5ccccc5s4)n3n2)cc1. The van der Waals surface area contributed by atoms with E-state index in [-0.39, 0.29) is 0 Å². The summed E-state index contributed by atoms with van der Waals surface area (Å²) in [6.07, 6.45) is 1.59. The van der Waals surface area contributed by atoms with Crippen molar-refractivity contribution in [3.05, 3.63) is 71.9 Å². The average Bonchev–Trinajstić information content (AvgIpc) is 3.31. The van der Waals surface area contributed by atoms with Crippen LogP contribution in [0.3, 0.4) is 0 Å². The Bertz CT molecular complexity index is 1310. The Morgan fingerprint density at radius 1 is 1.07 bits per heavy atom. The molecule has 5 nitrogen and oxygen atoms in total. The van der Waals surface area contributed by atoms with Crippen molar-refractivity contribution in [3.8, 4) is 28.0 Å². The van der Waals surface area contributed by atoms with Crippen molar-refractivity contribution in [2.24, 2.45) is 0 Å². The second-order valence-electron chi connectivity index (χ2n) is 6.28. The number of aromatic nitrogens is 4.